The molecule has 1 aliphatic carbocycles. The molecule has 1 amide bonds. The lowest BCUT2D eigenvalue weighted by Gasteiger charge is -2.37. The van der Waals surface area contributed by atoms with Crippen LogP contribution in [0.4, 0.5) is 0 Å². The molecule has 0 aromatic heterocycles. The zero-order chi connectivity index (χ0) is 19.3. The van der Waals surface area contributed by atoms with Crippen LogP contribution in [-0.4, -0.2) is 59.4 Å². The first-order chi connectivity index (χ1) is 13.0. The molecule has 2 aromatic carbocycles. The normalized spacial score (nSPS) is 16.1. The Hall–Kier alpha value is -2.21. The summed E-state index contributed by atoms with van der Waals surface area (Å²) in [5, 5.41) is 21.5. The van der Waals surface area contributed by atoms with Gasteiger partial charge in [0.25, 0.3) is 0 Å². The molecule has 0 unspecified atom stereocenters. The van der Waals surface area contributed by atoms with Gasteiger partial charge in [0.2, 0.25) is 5.91 Å². The number of carbonyl (C=O) groups is 1. The number of aliphatic hydroxyl groups is 2. The quantitative estimate of drug-likeness (QED) is 0.654. The Balaban J connectivity index is 1.77. The Morgan fingerprint density at radius 2 is 1.70 bits per heavy atom. The zero-order valence-electron chi connectivity index (χ0n) is 15.8. The van der Waals surface area contributed by atoms with Crippen LogP contribution in [0.3, 0.4) is 0 Å². The van der Waals surface area contributed by atoms with Gasteiger partial charge in [-0.05, 0) is 30.2 Å². The minimum absolute atomic E-state index is 0.0555. The third kappa shape index (κ3) is 4.38. The van der Waals surface area contributed by atoms with Crippen molar-refractivity contribution in [2.24, 2.45) is 0 Å². The van der Waals surface area contributed by atoms with Crippen molar-refractivity contribution in [1.82, 2.24) is 10.2 Å². The van der Waals surface area contributed by atoms with Gasteiger partial charge in [-0.25, -0.2) is 0 Å². The fourth-order valence-electron chi connectivity index (χ4n) is 3.79. The van der Waals surface area contributed by atoms with E-state index in [2.05, 4.69) is 34.5 Å². The van der Waals surface area contributed by atoms with Crippen molar-refractivity contribution >= 4 is 5.91 Å². The van der Waals surface area contributed by atoms with Crippen LogP contribution >= 0.6 is 0 Å². The van der Waals surface area contributed by atoms with E-state index in [4.69, 9.17) is 5.11 Å². The number of nitrogens with zero attached hydrogens (tertiary/aromatic N) is 1. The number of carbonyl (C=O) groups excluding carboxylic acids is 1. The van der Waals surface area contributed by atoms with Crippen LogP contribution in [0.5, 0.6) is 0 Å². The van der Waals surface area contributed by atoms with Gasteiger partial charge in [0.05, 0.1) is 12.7 Å². The molecule has 0 saturated carbocycles. The van der Waals surface area contributed by atoms with Crippen LogP contribution in [0.15, 0.2) is 54.6 Å². The molecule has 5 heteroatoms. The first-order valence-corrected chi connectivity index (χ1v) is 9.44. The number of nitrogens with one attached hydrogen (secondary N) is 1. The summed E-state index contributed by atoms with van der Waals surface area (Å²) in [5.74, 6) is -0.0956. The van der Waals surface area contributed by atoms with Crippen LogP contribution in [-0.2, 0) is 24.1 Å². The number of rotatable bonds is 8. The summed E-state index contributed by atoms with van der Waals surface area (Å²) < 4.78 is 0. The van der Waals surface area contributed by atoms with Crippen molar-refractivity contribution in [3.8, 4) is 0 Å². The Morgan fingerprint density at radius 3 is 2.30 bits per heavy atom. The van der Waals surface area contributed by atoms with Crippen molar-refractivity contribution in [1.29, 1.82) is 0 Å². The lowest BCUT2D eigenvalue weighted by molar-refractivity contribution is -0.133. The number of amides is 1. The molecule has 1 aliphatic rings. The standard InChI is InChI=1S/C22H28N2O3/c1-24(12-11-17-7-3-2-4-8-17)22(21(27)23-15-20(26)16-25)13-18-9-5-6-10-19(18)14-22/h2-10,20,25-26H,11-16H2,1H3,(H,23,27)/t20-/m0/s1. The van der Waals surface area contributed by atoms with Crippen LogP contribution in [0.1, 0.15) is 16.7 Å². The SMILES string of the molecule is CN(CCc1ccccc1)C1(C(=O)NC[C@H](O)CO)Cc2ccccc2C1. The molecule has 2 aromatic rings. The highest BCUT2D eigenvalue weighted by atomic mass is 16.3. The average Bonchev–Trinajstić information content (AvgIpc) is 3.11. The second-order valence-electron chi connectivity index (χ2n) is 7.36. The van der Waals surface area contributed by atoms with Gasteiger partial charge in [-0.2, -0.15) is 0 Å². The zero-order valence-corrected chi connectivity index (χ0v) is 15.8. The van der Waals surface area contributed by atoms with Gasteiger partial charge in [0.1, 0.15) is 5.54 Å². The summed E-state index contributed by atoms with van der Waals surface area (Å²) in [6, 6.07) is 18.4. The van der Waals surface area contributed by atoms with Crippen molar-refractivity contribution in [3.05, 3.63) is 71.3 Å². The second-order valence-corrected chi connectivity index (χ2v) is 7.36. The van der Waals surface area contributed by atoms with Crippen LogP contribution in [0, 0.1) is 0 Å². The molecule has 0 saturated heterocycles. The minimum Gasteiger partial charge on any atom is -0.394 e. The second kappa shape index (κ2) is 8.65. The Labute approximate surface area is 160 Å². The number of benzene rings is 2. The van der Waals surface area contributed by atoms with E-state index in [0.717, 1.165) is 13.0 Å². The lowest BCUT2D eigenvalue weighted by Crippen LogP contribution is -2.59. The predicted octanol–water partition coefficient (Wildman–Crippen LogP) is 1.17. The summed E-state index contributed by atoms with van der Waals surface area (Å²) in [5.41, 5.74) is 2.96. The van der Waals surface area contributed by atoms with Gasteiger partial charge in [-0.15, -0.1) is 0 Å². The lowest BCUT2D eigenvalue weighted by atomic mass is 9.91. The van der Waals surface area contributed by atoms with E-state index in [1.807, 2.05) is 37.4 Å². The molecule has 27 heavy (non-hydrogen) atoms. The molecule has 3 rings (SSSR count). The number of aliphatic hydroxyl groups excluding tert-OH is 2. The maximum Gasteiger partial charge on any atom is 0.241 e. The summed E-state index contributed by atoms with van der Waals surface area (Å²) in [6.07, 6.45) is 1.22. The monoisotopic (exact) mass is 368 g/mol. The van der Waals surface area contributed by atoms with E-state index in [1.54, 1.807) is 0 Å². The van der Waals surface area contributed by atoms with Gasteiger partial charge < -0.3 is 15.5 Å². The van der Waals surface area contributed by atoms with E-state index < -0.39 is 11.6 Å². The maximum atomic E-state index is 13.2. The average molecular weight is 368 g/mol. The number of likely N-dealkylation sites (N-methyl/N-ethyl adjacent to an activating group) is 1. The van der Waals surface area contributed by atoms with Gasteiger partial charge in [-0.3, -0.25) is 9.69 Å². The first-order valence-electron chi connectivity index (χ1n) is 9.44. The van der Waals surface area contributed by atoms with Crippen LogP contribution in [0.2, 0.25) is 0 Å². The van der Waals surface area contributed by atoms with E-state index in [0.29, 0.717) is 12.8 Å². The number of fused-ring (bicyclic) bond motifs is 1. The molecule has 0 spiro atoms. The predicted molar refractivity (Wildman–Crippen MR) is 105 cm³/mol. The Bertz CT molecular complexity index is 738. The van der Waals surface area contributed by atoms with E-state index in [1.165, 1.54) is 16.7 Å². The van der Waals surface area contributed by atoms with Gasteiger partial charge in [-0.1, -0.05) is 54.6 Å². The molecule has 0 bridgehead atoms. The van der Waals surface area contributed by atoms with Crippen molar-refractivity contribution in [2.45, 2.75) is 30.9 Å². The number of hydrogen-bond donors (Lipinski definition) is 3. The molecule has 0 fully saturated rings. The Morgan fingerprint density at radius 1 is 1.11 bits per heavy atom. The summed E-state index contributed by atoms with van der Waals surface area (Å²) in [6.45, 7) is 0.450. The molecule has 144 valence electrons. The summed E-state index contributed by atoms with van der Waals surface area (Å²) >= 11 is 0. The number of hydrogen-bond acceptors (Lipinski definition) is 4. The summed E-state index contributed by atoms with van der Waals surface area (Å²) in [4.78, 5) is 15.3. The van der Waals surface area contributed by atoms with Crippen LogP contribution in [0.25, 0.3) is 0 Å². The molecule has 5 nitrogen and oxygen atoms in total. The fourth-order valence-corrected chi connectivity index (χ4v) is 3.79. The largest absolute Gasteiger partial charge is 0.394 e. The van der Waals surface area contributed by atoms with Gasteiger partial charge in [0.15, 0.2) is 0 Å². The van der Waals surface area contributed by atoms with E-state index >= 15 is 0 Å². The van der Waals surface area contributed by atoms with Crippen LogP contribution < -0.4 is 5.32 Å². The van der Waals surface area contributed by atoms with Crippen molar-refractivity contribution < 1.29 is 15.0 Å². The highest BCUT2D eigenvalue weighted by Gasteiger charge is 2.46. The fraction of sp³-hybridized carbons (Fsp3) is 0.409. The topological polar surface area (TPSA) is 72.8 Å². The third-order valence-electron chi connectivity index (χ3n) is 5.53. The minimum atomic E-state index is -0.940. The molecular weight excluding hydrogens is 340 g/mol. The Kier molecular flexibility index (Phi) is 6.26. The smallest absolute Gasteiger partial charge is 0.241 e. The first kappa shape index (κ1) is 19.5. The molecule has 0 heterocycles. The summed E-state index contributed by atoms with van der Waals surface area (Å²) in [7, 11) is 2.00. The van der Waals surface area contributed by atoms with Gasteiger partial charge in [0, 0.05) is 25.9 Å². The van der Waals surface area contributed by atoms with E-state index in [9.17, 15) is 9.90 Å². The maximum absolute atomic E-state index is 13.2. The van der Waals surface area contributed by atoms with Crippen molar-refractivity contribution in [2.75, 3.05) is 26.7 Å². The molecule has 3 N–H and O–H groups in total. The van der Waals surface area contributed by atoms with Gasteiger partial charge >= 0.3 is 0 Å². The van der Waals surface area contributed by atoms with E-state index in [-0.39, 0.29) is 19.1 Å². The molecule has 0 radical (unpaired) electrons. The molecule has 1 atom stereocenters. The highest BCUT2D eigenvalue weighted by Crippen LogP contribution is 2.34. The molecular formula is C22H28N2O3. The third-order valence-corrected chi connectivity index (χ3v) is 5.53. The molecule has 0 aliphatic heterocycles. The van der Waals surface area contributed by atoms with Crippen molar-refractivity contribution in [3.63, 3.8) is 0 Å². The highest BCUT2D eigenvalue weighted by molar-refractivity contribution is 5.88.